The van der Waals surface area contributed by atoms with Crippen molar-refractivity contribution in [2.24, 2.45) is 0 Å². The highest BCUT2D eigenvalue weighted by molar-refractivity contribution is 5.89. The first kappa shape index (κ1) is 13.4. The first-order valence-corrected chi connectivity index (χ1v) is 6.91. The topological polar surface area (TPSA) is 26.3 Å². The van der Waals surface area contributed by atoms with Gasteiger partial charge in [-0.3, -0.25) is 0 Å². The fraction of sp³-hybridized carbons (Fsp3) is 0.105. The number of rotatable bonds is 3. The van der Waals surface area contributed by atoms with E-state index in [2.05, 4.69) is 36.4 Å². The van der Waals surface area contributed by atoms with Gasteiger partial charge in [-0.2, -0.15) is 0 Å². The molecule has 0 N–H and O–H groups in total. The Labute approximate surface area is 124 Å². The van der Waals surface area contributed by atoms with Crippen molar-refractivity contribution in [3.05, 3.63) is 83.4 Å². The van der Waals surface area contributed by atoms with Gasteiger partial charge in [-0.05, 0) is 40.5 Å². The molecule has 3 rings (SSSR count). The standard InChI is InChI=1S/C19H16O2/c1-21-19(20)17-10-6-14(7-11-17)12-15-8-9-16-4-2-3-5-18(16)13-15/h2-11,13H,12H2,1H3. The lowest BCUT2D eigenvalue weighted by Gasteiger charge is -2.05. The summed E-state index contributed by atoms with van der Waals surface area (Å²) in [6.07, 6.45) is 0.853. The second kappa shape index (κ2) is 5.80. The van der Waals surface area contributed by atoms with Crippen LogP contribution >= 0.6 is 0 Å². The second-order valence-corrected chi connectivity index (χ2v) is 5.05. The molecule has 2 nitrogen and oxygen atoms in total. The summed E-state index contributed by atoms with van der Waals surface area (Å²) in [6, 6.07) is 22.4. The van der Waals surface area contributed by atoms with Crippen LogP contribution in [0.5, 0.6) is 0 Å². The van der Waals surface area contributed by atoms with Crippen molar-refractivity contribution in [2.45, 2.75) is 6.42 Å². The van der Waals surface area contributed by atoms with Gasteiger partial charge < -0.3 is 4.74 Å². The number of esters is 1. The van der Waals surface area contributed by atoms with E-state index in [1.165, 1.54) is 29.0 Å². The molecule has 0 aliphatic carbocycles. The molecule has 0 unspecified atom stereocenters. The Morgan fingerprint density at radius 3 is 2.24 bits per heavy atom. The molecule has 0 fully saturated rings. The van der Waals surface area contributed by atoms with Crippen LogP contribution in [0.1, 0.15) is 21.5 Å². The Balaban J connectivity index is 1.83. The maximum Gasteiger partial charge on any atom is 0.337 e. The van der Waals surface area contributed by atoms with Gasteiger partial charge >= 0.3 is 5.97 Å². The lowest BCUT2D eigenvalue weighted by atomic mass is 10.0. The van der Waals surface area contributed by atoms with Crippen LogP contribution in [0, 0.1) is 0 Å². The van der Waals surface area contributed by atoms with Gasteiger partial charge in [-0.15, -0.1) is 0 Å². The number of carbonyl (C=O) groups excluding carboxylic acids is 1. The minimum atomic E-state index is -0.299. The third-order valence-corrected chi connectivity index (χ3v) is 3.60. The first-order valence-electron chi connectivity index (χ1n) is 6.91. The molecule has 104 valence electrons. The predicted molar refractivity (Wildman–Crippen MR) is 84.5 cm³/mol. The van der Waals surface area contributed by atoms with Crippen LogP contribution in [-0.4, -0.2) is 13.1 Å². The highest BCUT2D eigenvalue weighted by Crippen LogP contribution is 2.18. The van der Waals surface area contributed by atoms with E-state index < -0.39 is 0 Å². The first-order chi connectivity index (χ1) is 10.3. The third kappa shape index (κ3) is 2.95. The number of hydrogen-bond donors (Lipinski definition) is 0. The average Bonchev–Trinajstić information content (AvgIpc) is 2.55. The lowest BCUT2D eigenvalue weighted by molar-refractivity contribution is 0.0600. The molecule has 0 bridgehead atoms. The van der Waals surface area contributed by atoms with Gasteiger partial charge in [-0.25, -0.2) is 4.79 Å². The number of carbonyl (C=O) groups is 1. The third-order valence-electron chi connectivity index (χ3n) is 3.60. The average molecular weight is 276 g/mol. The molecule has 0 amide bonds. The Hall–Kier alpha value is -2.61. The van der Waals surface area contributed by atoms with E-state index in [1.807, 2.05) is 30.3 Å². The van der Waals surface area contributed by atoms with Gasteiger partial charge in [0.1, 0.15) is 0 Å². The molecule has 0 aliphatic heterocycles. The molecule has 0 radical (unpaired) electrons. The number of benzene rings is 3. The van der Waals surface area contributed by atoms with Crippen LogP contribution in [0.15, 0.2) is 66.7 Å². The quantitative estimate of drug-likeness (QED) is 0.670. The highest BCUT2D eigenvalue weighted by atomic mass is 16.5. The summed E-state index contributed by atoms with van der Waals surface area (Å²) < 4.78 is 4.70. The van der Waals surface area contributed by atoms with Gasteiger partial charge in [-0.1, -0.05) is 54.6 Å². The molecule has 2 heteroatoms. The van der Waals surface area contributed by atoms with Crippen molar-refractivity contribution in [2.75, 3.05) is 7.11 Å². The van der Waals surface area contributed by atoms with E-state index in [-0.39, 0.29) is 5.97 Å². The molecule has 0 heterocycles. The van der Waals surface area contributed by atoms with E-state index >= 15 is 0 Å². The van der Waals surface area contributed by atoms with E-state index in [9.17, 15) is 4.79 Å². The number of methoxy groups -OCH3 is 1. The van der Waals surface area contributed by atoms with Gasteiger partial charge in [0, 0.05) is 0 Å². The summed E-state index contributed by atoms with van der Waals surface area (Å²) in [7, 11) is 1.39. The smallest absolute Gasteiger partial charge is 0.337 e. The van der Waals surface area contributed by atoms with Crippen LogP contribution in [0.3, 0.4) is 0 Å². The van der Waals surface area contributed by atoms with Crippen molar-refractivity contribution in [1.82, 2.24) is 0 Å². The second-order valence-electron chi connectivity index (χ2n) is 5.05. The van der Waals surface area contributed by atoms with Crippen LogP contribution in [-0.2, 0) is 11.2 Å². The molecular weight excluding hydrogens is 260 g/mol. The molecule has 0 spiro atoms. The molecule has 3 aromatic carbocycles. The van der Waals surface area contributed by atoms with Crippen LogP contribution < -0.4 is 0 Å². The van der Waals surface area contributed by atoms with Crippen LogP contribution in [0.4, 0.5) is 0 Å². The zero-order chi connectivity index (χ0) is 14.7. The zero-order valence-electron chi connectivity index (χ0n) is 11.9. The zero-order valence-corrected chi connectivity index (χ0v) is 11.9. The minimum Gasteiger partial charge on any atom is -0.465 e. The summed E-state index contributed by atoms with van der Waals surface area (Å²) in [4.78, 5) is 11.4. The Bertz CT molecular complexity index is 773. The number of fused-ring (bicyclic) bond motifs is 1. The molecule has 3 aromatic rings. The fourth-order valence-electron chi connectivity index (χ4n) is 2.46. The lowest BCUT2D eigenvalue weighted by Crippen LogP contribution is -2.01. The van der Waals surface area contributed by atoms with E-state index in [4.69, 9.17) is 4.74 Å². The van der Waals surface area contributed by atoms with Gasteiger partial charge in [0.2, 0.25) is 0 Å². The molecule has 0 aliphatic rings. The summed E-state index contributed by atoms with van der Waals surface area (Å²) in [5, 5.41) is 2.50. The number of hydrogen-bond acceptors (Lipinski definition) is 2. The maximum atomic E-state index is 11.4. The van der Waals surface area contributed by atoms with Crippen molar-refractivity contribution in [1.29, 1.82) is 0 Å². The molecule has 0 atom stereocenters. The summed E-state index contributed by atoms with van der Waals surface area (Å²) in [6.45, 7) is 0. The highest BCUT2D eigenvalue weighted by Gasteiger charge is 2.05. The van der Waals surface area contributed by atoms with Crippen LogP contribution in [0.25, 0.3) is 10.8 Å². The molecule has 0 saturated heterocycles. The summed E-state index contributed by atoms with van der Waals surface area (Å²) >= 11 is 0. The molecule has 0 saturated carbocycles. The van der Waals surface area contributed by atoms with Gasteiger partial charge in [0.25, 0.3) is 0 Å². The normalized spacial score (nSPS) is 10.5. The van der Waals surface area contributed by atoms with Crippen molar-refractivity contribution in [3.63, 3.8) is 0 Å². The summed E-state index contributed by atoms with van der Waals surface area (Å²) in [5.74, 6) is -0.299. The van der Waals surface area contributed by atoms with Crippen molar-refractivity contribution >= 4 is 16.7 Å². The fourth-order valence-corrected chi connectivity index (χ4v) is 2.46. The van der Waals surface area contributed by atoms with E-state index in [1.54, 1.807) is 0 Å². The summed E-state index contributed by atoms with van der Waals surface area (Å²) in [5.41, 5.74) is 3.03. The number of ether oxygens (including phenoxy) is 1. The Kier molecular flexibility index (Phi) is 3.69. The van der Waals surface area contributed by atoms with Gasteiger partial charge in [0.15, 0.2) is 0 Å². The van der Waals surface area contributed by atoms with Gasteiger partial charge in [0.05, 0.1) is 12.7 Å². The Morgan fingerprint density at radius 1 is 0.857 bits per heavy atom. The minimum absolute atomic E-state index is 0.299. The Morgan fingerprint density at radius 2 is 1.52 bits per heavy atom. The monoisotopic (exact) mass is 276 g/mol. The molecular formula is C19H16O2. The van der Waals surface area contributed by atoms with E-state index in [0.717, 1.165) is 6.42 Å². The predicted octanol–water partition coefficient (Wildman–Crippen LogP) is 4.22. The maximum absolute atomic E-state index is 11.4. The van der Waals surface area contributed by atoms with Crippen LogP contribution in [0.2, 0.25) is 0 Å². The molecule has 21 heavy (non-hydrogen) atoms. The van der Waals surface area contributed by atoms with Crippen molar-refractivity contribution < 1.29 is 9.53 Å². The largest absolute Gasteiger partial charge is 0.465 e. The van der Waals surface area contributed by atoms with E-state index in [0.29, 0.717) is 5.56 Å². The van der Waals surface area contributed by atoms with Crippen molar-refractivity contribution in [3.8, 4) is 0 Å². The molecule has 0 aromatic heterocycles. The SMILES string of the molecule is COC(=O)c1ccc(Cc2ccc3ccccc3c2)cc1.